The number of para-hydroxylation sites is 1. The topological polar surface area (TPSA) is 85.4 Å². The number of hydrogen-bond donors (Lipinski definition) is 1. The molecule has 2 aromatic carbocycles. The minimum absolute atomic E-state index is 0.0707. The van der Waals surface area contributed by atoms with Crippen LogP contribution >= 0.6 is 0 Å². The van der Waals surface area contributed by atoms with Crippen molar-refractivity contribution in [2.45, 2.75) is 45.1 Å². The summed E-state index contributed by atoms with van der Waals surface area (Å²) in [5, 5.41) is 10.4. The van der Waals surface area contributed by atoms with Crippen LogP contribution in [0.25, 0.3) is 22.0 Å². The molecular weight excluding hydrogens is 468 g/mol. The molecule has 2 aromatic heterocycles. The van der Waals surface area contributed by atoms with Gasteiger partial charge in [0.2, 0.25) is 5.95 Å². The molecule has 4 aromatic rings. The van der Waals surface area contributed by atoms with E-state index in [4.69, 9.17) is 0 Å². The van der Waals surface area contributed by atoms with E-state index in [9.17, 15) is 18.7 Å². The highest BCUT2D eigenvalue weighted by molar-refractivity contribution is 5.84. The lowest BCUT2D eigenvalue weighted by atomic mass is 10.0. The summed E-state index contributed by atoms with van der Waals surface area (Å²) < 4.78 is 33.7. The molecule has 0 amide bonds. The van der Waals surface area contributed by atoms with Crippen LogP contribution in [-0.4, -0.2) is 49.7 Å². The highest BCUT2D eigenvalue weighted by Crippen LogP contribution is 2.27. The Morgan fingerprint density at radius 2 is 1.89 bits per heavy atom. The maximum atomic E-state index is 12.9. The molecule has 0 bridgehead atoms. The second kappa shape index (κ2) is 9.69. The molecule has 0 aliphatic carbocycles. The lowest BCUT2D eigenvalue weighted by Gasteiger charge is -2.35. The Balaban J connectivity index is 1.48. The second-order valence-electron chi connectivity index (χ2n) is 9.10. The number of rotatable bonds is 6. The van der Waals surface area contributed by atoms with Crippen molar-refractivity contribution in [3.63, 3.8) is 0 Å². The van der Waals surface area contributed by atoms with Gasteiger partial charge in [0.05, 0.1) is 23.6 Å². The molecule has 1 aliphatic rings. The van der Waals surface area contributed by atoms with E-state index < -0.39 is 6.61 Å². The summed E-state index contributed by atoms with van der Waals surface area (Å²) in [7, 11) is 1.65. The molecular formula is C26H27F2N5O3. The lowest BCUT2D eigenvalue weighted by molar-refractivity contribution is -0.0505. The minimum Gasteiger partial charge on any atom is -0.434 e. The van der Waals surface area contributed by atoms with Crippen molar-refractivity contribution in [3.8, 4) is 16.9 Å². The first-order chi connectivity index (χ1) is 17.3. The highest BCUT2D eigenvalue weighted by atomic mass is 19.3. The van der Waals surface area contributed by atoms with E-state index in [0.717, 1.165) is 11.1 Å². The van der Waals surface area contributed by atoms with E-state index in [0.29, 0.717) is 41.8 Å². The van der Waals surface area contributed by atoms with Crippen molar-refractivity contribution in [1.29, 1.82) is 0 Å². The van der Waals surface area contributed by atoms with Crippen molar-refractivity contribution in [1.82, 2.24) is 19.3 Å². The Labute approximate surface area is 206 Å². The fraction of sp³-hybridized carbons (Fsp3) is 0.346. The molecule has 0 radical (unpaired) electrons. The van der Waals surface area contributed by atoms with Gasteiger partial charge < -0.3 is 14.7 Å². The molecule has 1 N–H and O–H groups in total. The predicted octanol–water partition coefficient (Wildman–Crippen LogP) is 3.80. The average Bonchev–Trinajstić information content (AvgIpc) is 3.09. The maximum Gasteiger partial charge on any atom is 0.387 e. The second-order valence-corrected chi connectivity index (χ2v) is 9.10. The van der Waals surface area contributed by atoms with Crippen LogP contribution in [0.4, 0.5) is 14.7 Å². The van der Waals surface area contributed by atoms with Gasteiger partial charge in [-0.25, -0.2) is 9.97 Å². The van der Waals surface area contributed by atoms with E-state index in [1.165, 1.54) is 10.7 Å². The van der Waals surface area contributed by atoms with Crippen LogP contribution in [-0.2, 0) is 13.6 Å². The van der Waals surface area contributed by atoms with Crippen LogP contribution in [0.3, 0.4) is 0 Å². The normalized spacial score (nSPS) is 18.2. The number of hydrogen-bond acceptors (Lipinski definition) is 6. The molecule has 188 valence electrons. The average molecular weight is 496 g/mol. The van der Waals surface area contributed by atoms with Crippen LogP contribution in [0.5, 0.6) is 5.75 Å². The van der Waals surface area contributed by atoms with Gasteiger partial charge in [0.15, 0.2) is 0 Å². The van der Waals surface area contributed by atoms with Crippen molar-refractivity contribution >= 4 is 16.9 Å². The largest absolute Gasteiger partial charge is 0.434 e. The van der Waals surface area contributed by atoms with Gasteiger partial charge in [-0.15, -0.1) is 0 Å². The molecule has 36 heavy (non-hydrogen) atoms. The first-order valence-electron chi connectivity index (χ1n) is 11.8. The zero-order valence-electron chi connectivity index (χ0n) is 20.0. The number of alkyl halides is 2. The van der Waals surface area contributed by atoms with Gasteiger partial charge in [-0.05, 0) is 43.5 Å². The van der Waals surface area contributed by atoms with Crippen molar-refractivity contribution < 1.29 is 18.6 Å². The van der Waals surface area contributed by atoms with Gasteiger partial charge in [0.25, 0.3) is 5.56 Å². The number of aliphatic hydroxyl groups is 1. The van der Waals surface area contributed by atoms with Crippen molar-refractivity contribution in [2.75, 3.05) is 11.4 Å². The Morgan fingerprint density at radius 3 is 2.61 bits per heavy atom. The van der Waals surface area contributed by atoms with Crippen LogP contribution in [0.2, 0.25) is 0 Å². The Bertz CT molecular complexity index is 1430. The summed E-state index contributed by atoms with van der Waals surface area (Å²) >= 11 is 0. The molecule has 8 nitrogen and oxygen atoms in total. The zero-order valence-corrected chi connectivity index (χ0v) is 20.0. The number of aromatic nitrogens is 4. The van der Waals surface area contributed by atoms with E-state index in [2.05, 4.69) is 19.6 Å². The summed E-state index contributed by atoms with van der Waals surface area (Å²) in [6, 6.07) is 12.2. The first kappa shape index (κ1) is 23.9. The summed E-state index contributed by atoms with van der Waals surface area (Å²) in [6.45, 7) is -0.0210. The molecule has 5 rings (SSSR count). The van der Waals surface area contributed by atoms with Crippen LogP contribution < -0.4 is 15.2 Å². The summed E-state index contributed by atoms with van der Waals surface area (Å²) in [5.41, 5.74) is 2.62. The first-order valence-corrected chi connectivity index (χ1v) is 11.8. The monoisotopic (exact) mass is 495 g/mol. The molecule has 1 aliphatic heterocycles. The number of piperidine rings is 1. The fourth-order valence-electron chi connectivity index (χ4n) is 4.81. The molecule has 1 saturated heterocycles. The number of aliphatic hydroxyl groups excluding tert-OH is 1. The number of halogens is 2. The van der Waals surface area contributed by atoms with Gasteiger partial charge in [-0.1, -0.05) is 24.3 Å². The smallest absolute Gasteiger partial charge is 0.387 e. The molecule has 2 atom stereocenters. The number of ether oxygens (including phenoxy) is 1. The molecule has 0 spiro atoms. The summed E-state index contributed by atoms with van der Waals surface area (Å²) in [6.07, 6.45) is 4.57. The van der Waals surface area contributed by atoms with Crippen LogP contribution in [0.1, 0.15) is 25.3 Å². The van der Waals surface area contributed by atoms with Crippen molar-refractivity contribution in [3.05, 3.63) is 70.8 Å². The van der Waals surface area contributed by atoms with Crippen LogP contribution in [0.15, 0.2) is 59.7 Å². The molecule has 10 heteroatoms. The third-order valence-corrected chi connectivity index (χ3v) is 6.75. The van der Waals surface area contributed by atoms with Crippen molar-refractivity contribution in [2.24, 2.45) is 7.05 Å². The maximum absolute atomic E-state index is 12.9. The van der Waals surface area contributed by atoms with Gasteiger partial charge in [0, 0.05) is 43.2 Å². The Hall–Kier alpha value is -3.79. The number of anilines is 1. The molecule has 0 unspecified atom stereocenters. The highest BCUT2D eigenvalue weighted by Gasteiger charge is 2.25. The van der Waals surface area contributed by atoms with E-state index >= 15 is 0 Å². The third-order valence-electron chi connectivity index (χ3n) is 6.75. The Morgan fingerprint density at radius 1 is 1.14 bits per heavy atom. The quantitative estimate of drug-likeness (QED) is 0.438. The fourth-order valence-corrected chi connectivity index (χ4v) is 4.81. The van der Waals surface area contributed by atoms with Gasteiger partial charge in [0.1, 0.15) is 5.75 Å². The van der Waals surface area contributed by atoms with E-state index in [-0.39, 0.29) is 30.0 Å². The number of fused-ring (bicyclic) bond motifs is 1. The SMILES string of the molecule is C[C@@H]1C[C@H](O)CCN1c1ncc(-c2ccc3c(=O)n(C)n(Cc4ccccc4OC(F)F)c3c2)cn1. The summed E-state index contributed by atoms with van der Waals surface area (Å²) in [4.78, 5) is 24.1. The minimum atomic E-state index is -2.94. The van der Waals surface area contributed by atoms with E-state index in [1.807, 2.05) is 19.1 Å². The zero-order chi connectivity index (χ0) is 25.4. The summed E-state index contributed by atoms with van der Waals surface area (Å²) in [5.74, 6) is 0.688. The number of benzene rings is 2. The molecule has 3 heterocycles. The van der Waals surface area contributed by atoms with E-state index in [1.54, 1.807) is 48.4 Å². The predicted molar refractivity (Wildman–Crippen MR) is 132 cm³/mol. The van der Waals surface area contributed by atoms with Crippen LogP contribution in [0, 0.1) is 0 Å². The standard InChI is InChI=1S/C26H27F2N5O3/c1-16-11-20(34)9-10-32(16)26-29-13-19(14-30-26)17-7-8-21-22(12-17)33(31(2)24(21)35)15-18-5-3-4-6-23(18)36-25(27)28/h3-8,12-14,16,20,25,34H,9-11,15H2,1-2H3/t16-,20-/m1/s1. The third kappa shape index (κ3) is 4.56. The van der Waals surface area contributed by atoms with Gasteiger partial charge in [-0.3, -0.25) is 14.2 Å². The molecule has 1 fully saturated rings. The van der Waals surface area contributed by atoms with Gasteiger partial charge in [-0.2, -0.15) is 8.78 Å². The Kier molecular flexibility index (Phi) is 6.44. The van der Waals surface area contributed by atoms with Gasteiger partial charge >= 0.3 is 6.61 Å². The lowest BCUT2D eigenvalue weighted by Crippen LogP contribution is -2.43. The molecule has 0 saturated carbocycles. The number of nitrogens with zero attached hydrogens (tertiary/aromatic N) is 5.